The Morgan fingerprint density at radius 2 is 2.29 bits per heavy atom. The lowest BCUT2D eigenvalue weighted by Gasteiger charge is -2.33. The van der Waals surface area contributed by atoms with Crippen LogP contribution in [0.5, 0.6) is 0 Å². The molecule has 1 saturated heterocycles. The summed E-state index contributed by atoms with van der Waals surface area (Å²) < 4.78 is 4.00. The van der Waals surface area contributed by atoms with E-state index in [1.54, 1.807) is 11.0 Å². The van der Waals surface area contributed by atoms with Crippen LogP contribution in [0.15, 0.2) is 25.0 Å². The van der Waals surface area contributed by atoms with Crippen molar-refractivity contribution >= 4 is 5.91 Å². The summed E-state index contributed by atoms with van der Waals surface area (Å²) in [6.07, 6.45) is 10.6. The summed E-state index contributed by atoms with van der Waals surface area (Å²) in [5.41, 5.74) is 0. The normalized spacial score (nSPS) is 18.3. The lowest BCUT2D eigenvalue weighted by Crippen LogP contribution is -2.39. The number of amides is 1. The first-order chi connectivity index (χ1) is 11.6. The van der Waals surface area contributed by atoms with E-state index in [-0.39, 0.29) is 5.91 Å². The SMILES string of the molecule is CC(C)n1ccnc1C1CCCN(C(=O)CCCn2cncn2)C1. The molecule has 1 atom stereocenters. The monoisotopic (exact) mass is 330 g/mol. The third kappa shape index (κ3) is 3.83. The van der Waals surface area contributed by atoms with Gasteiger partial charge in [-0.25, -0.2) is 9.97 Å². The number of carbonyl (C=O) groups is 1. The Bertz CT molecular complexity index is 648. The third-order valence-corrected chi connectivity index (χ3v) is 4.64. The summed E-state index contributed by atoms with van der Waals surface area (Å²) in [7, 11) is 0. The van der Waals surface area contributed by atoms with Crippen molar-refractivity contribution in [3.8, 4) is 0 Å². The minimum absolute atomic E-state index is 0.238. The molecule has 1 fully saturated rings. The molecular weight excluding hydrogens is 304 g/mol. The van der Waals surface area contributed by atoms with Crippen molar-refractivity contribution in [3.05, 3.63) is 30.9 Å². The van der Waals surface area contributed by atoms with Gasteiger partial charge in [-0.2, -0.15) is 5.10 Å². The fraction of sp³-hybridized carbons (Fsp3) is 0.647. The Morgan fingerprint density at radius 3 is 3.04 bits per heavy atom. The number of aryl methyl sites for hydroxylation is 1. The molecule has 0 saturated carbocycles. The highest BCUT2D eigenvalue weighted by molar-refractivity contribution is 5.76. The van der Waals surface area contributed by atoms with E-state index in [0.717, 1.165) is 44.7 Å². The molecule has 130 valence electrons. The van der Waals surface area contributed by atoms with Gasteiger partial charge in [0, 0.05) is 50.4 Å². The summed E-state index contributed by atoms with van der Waals surface area (Å²) in [5, 5.41) is 4.07. The van der Waals surface area contributed by atoms with Gasteiger partial charge in [-0.05, 0) is 33.1 Å². The predicted molar refractivity (Wildman–Crippen MR) is 90.4 cm³/mol. The maximum Gasteiger partial charge on any atom is 0.222 e. The quantitative estimate of drug-likeness (QED) is 0.814. The molecule has 3 heterocycles. The molecule has 0 spiro atoms. The Labute approximate surface area is 142 Å². The van der Waals surface area contributed by atoms with Crippen molar-refractivity contribution in [2.24, 2.45) is 0 Å². The molecule has 1 aliphatic heterocycles. The first-order valence-electron chi connectivity index (χ1n) is 8.78. The standard InChI is InChI=1S/C17H26N6O/c1-14(2)23-10-7-19-17(23)15-5-3-8-21(11-15)16(24)6-4-9-22-13-18-12-20-22/h7,10,12-15H,3-6,8-9,11H2,1-2H3. The van der Waals surface area contributed by atoms with Crippen LogP contribution < -0.4 is 0 Å². The van der Waals surface area contributed by atoms with Gasteiger partial charge in [-0.1, -0.05) is 0 Å². The van der Waals surface area contributed by atoms with Crippen LogP contribution in [0.2, 0.25) is 0 Å². The molecule has 2 aromatic rings. The topological polar surface area (TPSA) is 68.8 Å². The van der Waals surface area contributed by atoms with E-state index >= 15 is 0 Å². The first kappa shape index (κ1) is 16.7. The number of imidazole rings is 1. The van der Waals surface area contributed by atoms with Gasteiger partial charge in [-0.3, -0.25) is 9.48 Å². The average molecular weight is 330 g/mol. The Hall–Kier alpha value is -2.18. The second-order valence-corrected chi connectivity index (χ2v) is 6.73. The maximum atomic E-state index is 12.5. The molecule has 0 aliphatic carbocycles. The van der Waals surface area contributed by atoms with E-state index in [9.17, 15) is 4.79 Å². The molecule has 0 N–H and O–H groups in total. The van der Waals surface area contributed by atoms with Crippen molar-refractivity contribution in [1.29, 1.82) is 0 Å². The van der Waals surface area contributed by atoms with E-state index in [0.29, 0.717) is 18.4 Å². The molecule has 7 heteroatoms. The summed E-state index contributed by atoms with van der Waals surface area (Å²) >= 11 is 0. The highest BCUT2D eigenvalue weighted by Crippen LogP contribution is 2.27. The van der Waals surface area contributed by atoms with E-state index in [2.05, 4.69) is 33.5 Å². The van der Waals surface area contributed by atoms with Gasteiger partial charge in [0.2, 0.25) is 5.91 Å². The van der Waals surface area contributed by atoms with Crippen LogP contribution in [-0.4, -0.2) is 48.2 Å². The summed E-state index contributed by atoms with van der Waals surface area (Å²) in [4.78, 5) is 23.0. The second-order valence-electron chi connectivity index (χ2n) is 6.73. The lowest BCUT2D eigenvalue weighted by atomic mass is 9.96. The third-order valence-electron chi connectivity index (χ3n) is 4.64. The Kier molecular flexibility index (Phi) is 5.27. The number of piperidine rings is 1. The van der Waals surface area contributed by atoms with Gasteiger partial charge in [0.1, 0.15) is 18.5 Å². The lowest BCUT2D eigenvalue weighted by molar-refractivity contribution is -0.132. The average Bonchev–Trinajstić information content (AvgIpc) is 3.26. The van der Waals surface area contributed by atoms with Crippen molar-refractivity contribution in [1.82, 2.24) is 29.2 Å². The molecule has 1 amide bonds. The molecule has 3 rings (SSSR count). The fourth-order valence-electron chi connectivity index (χ4n) is 3.39. The Morgan fingerprint density at radius 1 is 1.42 bits per heavy atom. The van der Waals surface area contributed by atoms with Crippen LogP contribution in [0.25, 0.3) is 0 Å². The molecule has 0 bridgehead atoms. The van der Waals surface area contributed by atoms with E-state index < -0.39 is 0 Å². The maximum absolute atomic E-state index is 12.5. The van der Waals surface area contributed by atoms with Gasteiger partial charge in [0.15, 0.2) is 0 Å². The predicted octanol–water partition coefficient (Wildman–Crippen LogP) is 2.24. The largest absolute Gasteiger partial charge is 0.342 e. The number of hydrogen-bond donors (Lipinski definition) is 0. The van der Waals surface area contributed by atoms with E-state index in [4.69, 9.17) is 0 Å². The van der Waals surface area contributed by atoms with Gasteiger partial charge in [0.25, 0.3) is 0 Å². The molecule has 1 unspecified atom stereocenters. The minimum Gasteiger partial charge on any atom is -0.342 e. The highest BCUT2D eigenvalue weighted by Gasteiger charge is 2.27. The number of likely N-dealkylation sites (tertiary alicyclic amines) is 1. The minimum atomic E-state index is 0.238. The number of carbonyl (C=O) groups excluding carboxylic acids is 1. The van der Waals surface area contributed by atoms with Crippen LogP contribution in [0.3, 0.4) is 0 Å². The number of hydrogen-bond acceptors (Lipinski definition) is 4. The zero-order valence-corrected chi connectivity index (χ0v) is 14.5. The van der Waals surface area contributed by atoms with Crippen molar-refractivity contribution in [2.45, 2.75) is 58.0 Å². The molecule has 0 radical (unpaired) electrons. The molecule has 0 aromatic carbocycles. The highest BCUT2D eigenvalue weighted by atomic mass is 16.2. The van der Waals surface area contributed by atoms with Crippen LogP contribution in [0.1, 0.15) is 57.3 Å². The van der Waals surface area contributed by atoms with Crippen molar-refractivity contribution < 1.29 is 4.79 Å². The second kappa shape index (κ2) is 7.59. The molecule has 1 aliphatic rings. The number of rotatable bonds is 6. The zero-order chi connectivity index (χ0) is 16.9. The Balaban J connectivity index is 1.54. The van der Waals surface area contributed by atoms with Crippen LogP contribution in [-0.2, 0) is 11.3 Å². The summed E-state index contributed by atoms with van der Waals surface area (Å²) in [6.45, 7) is 6.72. The smallest absolute Gasteiger partial charge is 0.222 e. The van der Waals surface area contributed by atoms with E-state index in [1.807, 2.05) is 17.3 Å². The molecular formula is C17H26N6O. The zero-order valence-electron chi connectivity index (χ0n) is 14.5. The van der Waals surface area contributed by atoms with Crippen LogP contribution in [0, 0.1) is 0 Å². The summed E-state index contributed by atoms with van der Waals surface area (Å²) in [6, 6.07) is 0.399. The van der Waals surface area contributed by atoms with Crippen LogP contribution >= 0.6 is 0 Å². The number of nitrogens with zero attached hydrogens (tertiary/aromatic N) is 6. The van der Waals surface area contributed by atoms with Crippen molar-refractivity contribution in [2.75, 3.05) is 13.1 Å². The fourth-order valence-corrected chi connectivity index (χ4v) is 3.39. The first-order valence-corrected chi connectivity index (χ1v) is 8.78. The molecule has 7 nitrogen and oxygen atoms in total. The van der Waals surface area contributed by atoms with Gasteiger partial charge >= 0.3 is 0 Å². The van der Waals surface area contributed by atoms with E-state index in [1.165, 1.54) is 6.33 Å². The van der Waals surface area contributed by atoms with Gasteiger partial charge < -0.3 is 9.47 Å². The number of aromatic nitrogens is 5. The molecule has 2 aromatic heterocycles. The van der Waals surface area contributed by atoms with Crippen molar-refractivity contribution in [3.63, 3.8) is 0 Å². The van der Waals surface area contributed by atoms with Crippen LogP contribution in [0.4, 0.5) is 0 Å². The van der Waals surface area contributed by atoms with Gasteiger partial charge in [-0.15, -0.1) is 0 Å². The summed E-state index contributed by atoms with van der Waals surface area (Å²) in [5.74, 6) is 1.70. The van der Waals surface area contributed by atoms with Gasteiger partial charge in [0.05, 0.1) is 0 Å². The molecule has 24 heavy (non-hydrogen) atoms.